The Labute approximate surface area is 166 Å². The topological polar surface area (TPSA) is 67.9 Å². The fourth-order valence-electron chi connectivity index (χ4n) is 2.64. The van der Waals surface area contributed by atoms with Crippen molar-refractivity contribution in [3.8, 4) is 11.5 Å². The molecule has 0 fully saturated rings. The summed E-state index contributed by atoms with van der Waals surface area (Å²) in [6.07, 6.45) is 0. The summed E-state index contributed by atoms with van der Waals surface area (Å²) in [6, 6.07) is 11.7. The van der Waals surface area contributed by atoms with Crippen molar-refractivity contribution < 1.29 is 19.1 Å². The van der Waals surface area contributed by atoms with Crippen molar-refractivity contribution in [1.82, 2.24) is 0 Å². The number of nitrogens with one attached hydrogen (secondary N) is 1. The normalized spacial score (nSPS) is 14.0. The molecule has 0 bridgehead atoms. The van der Waals surface area contributed by atoms with Crippen molar-refractivity contribution in [2.24, 2.45) is 0 Å². The van der Waals surface area contributed by atoms with Crippen molar-refractivity contribution in [2.75, 3.05) is 23.9 Å². The molecule has 1 heterocycles. The van der Waals surface area contributed by atoms with E-state index < -0.39 is 11.8 Å². The zero-order chi connectivity index (χ0) is 19.6. The molecule has 8 heteroatoms. The van der Waals surface area contributed by atoms with Gasteiger partial charge in [-0.3, -0.25) is 9.59 Å². The van der Waals surface area contributed by atoms with Gasteiger partial charge in [-0.15, -0.1) is 0 Å². The first kappa shape index (κ1) is 19.1. The number of carbonyl (C=O) groups excluding carboxylic acids is 2. The van der Waals surface area contributed by atoms with Crippen molar-refractivity contribution in [3.05, 3.63) is 58.2 Å². The van der Waals surface area contributed by atoms with Gasteiger partial charge in [0.25, 0.3) is 11.8 Å². The van der Waals surface area contributed by atoms with Crippen LogP contribution in [0, 0.1) is 0 Å². The number of hydrogen-bond acceptors (Lipinski definition) is 5. The van der Waals surface area contributed by atoms with Crippen LogP contribution in [0.4, 0.5) is 11.4 Å². The number of anilines is 2. The third-order valence-electron chi connectivity index (χ3n) is 3.85. The van der Waals surface area contributed by atoms with Gasteiger partial charge in [-0.1, -0.05) is 35.3 Å². The predicted octanol–water partition coefficient (Wildman–Crippen LogP) is 4.18. The van der Waals surface area contributed by atoms with Crippen LogP contribution in [0.5, 0.6) is 11.5 Å². The molecule has 140 valence electrons. The maximum absolute atomic E-state index is 12.9. The molecule has 1 N–H and O–H groups in total. The summed E-state index contributed by atoms with van der Waals surface area (Å²) in [7, 11) is 1.50. The van der Waals surface area contributed by atoms with Crippen molar-refractivity contribution in [3.63, 3.8) is 0 Å². The fraction of sp³-hybridized carbons (Fsp3) is 0.158. The lowest BCUT2D eigenvalue weighted by atomic mass is 10.2. The Bertz CT molecular complexity index is 943. The molecule has 2 aromatic carbocycles. The molecule has 0 unspecified atom stereocenters. The van der Waals surface area contributed by atoms with Gasteiger partial charge in [0.2, 0.25) is 0 Å². The Morgan fingerprint density at radius 2 is 1.78 bits per heavy atom. The number of benzene rings is 2. The molecule has 0 aromatic heterocycles. The predicted molar refractivity (Wildman–Crippen MR) is 105 cm³/mol. The zero-order valence-electron chi connectivity index (χ0n) is 14.6. The average Bonchev–Trinajstić information content (AvgIpc) is 2.86. The lowest BCUT2D eigenvalue weighted by molar-refractivity contribution is -0.120. The van der Waals surface area contributed by atoms with Crippen molar-refractivity contribution in [2.45, 2.75) is 6.92 Å². The Morgan fingerprint density at radius 1 is 1.04 bits per heavy atom. The number of nitrogens with zero attached hydrogens (tertiary/aromatic N) is 1. The van der Waals surface area contributed by atoms with Gasteiger partial charge in [0.05, 0.1) is 24.4 Å². The SMILES string of the molecule is CCOc1ccccc1N1C(=O)C(Cl)=C(Nc2ccc(OC)c(Cl)c2)C1=O. The lowest BCUT2D eigenvalue weighted by Crippen LogP contribution is -2.32. The van der Waals surface area contributed by atoms with E-state index in [-0.39, 0.29) is 10.7 Å². The van der Waals surface area contributed by atoms with E-state index >= 15 is 0 Å². The maximum Gasteiger partial charge on any atom is 0.283 e. The lowest BCUT2D eigenvalue weighted by Gasteiger charge is -2.18. The largest absolute Gasteiger partial charge is 0.495 e. The van der Waals surface area contributed by atoms with Gasteiger partial charge in [0.1, 0.15) is 22.2 Å². The maximum atomic E-state index is 12.9. The summed E-state index contributed by atoms with van der Waals surface area (Å²) in [4.78, 5) is 26.5. The van der Waals surface area contributed by atoms with Crippen molar-refractivity contribution in [1.29, 1.82) is 0 Å². The molecule has 0 spiro atoms. The van der Waals surface area contributed by atoms with Crippen LogP contribution in [-0.2, 0) is 9.59 Å². The molecule has 6 nitrogen and oxygen atoms in total. The van der Waals surface area contributed by atoms with Crippen LogP contribution >= 0.6 is 23.2 Å². The van der Waals surface area contributed by atoms with E-state index in [9.17, 15) is 9.59 Å². The van der Waals surface area contributed by atoms with Crippen LogP contribution in [0.2, 0.25) is 5.02 Å². The molecule has 27 heavy (non-hydrogen) atoms. The molecule has 0 radical (unpaired) electrons. The number of halogens is 2. The molecule has 3 rings (SSSR count). The highest BCUT2D eigenvalue weighted by atomic mass is 35.5. The van der Waals surface area contributed by atoms with Crippen LogP contribution in [0.1, 0.15) is 6.92 Å². The number of ether oxygens (including phenoxy) is 2. The van der Waals surface area contributed by atoms with Crippen LogP contribution < -0.4 is 19.7 Å². The van der Waals surface area contributed by atoms with E-state index in [1.54, 1.807) is 42.5 Å². The van der Waals surface area contributed by atoms with Crippen LogP contribution in [-0.4, -0.2) is 25.5 Å². The second kappa shape index (κ2) is 7.90. The van der Waals surface area contributed by atoms with Crippen LogP contribution in [0.15, 0.2) is 53.2 Å². The third-order valence-corrected chi connectivity index (χ3v) is 4.50. The van der Waals surface area contributed by atoms with E-state index in [2.05, 4.69) is 5.32 Å². The fourth-order valence-corrected chi connectivity index (χ4v) is 3.11. The minimum atomic E-state index is -0.629. The van der Waals surface area contributed by atoms with E-state index in [4.69, 9.17) is 32.7 Å². The summed E-state index contributed by atoms with van der Waals surface area (Å²) in [5.41, 5.74) is 0.793. The van der Waals surface area contributed by atoms with Gasteiger partial charge >= 0.3 is 0 Å². The van der Waals surface area contributed by atoms with Crippen LogP contribution in [0.3, 0.4) is 0 Å². The Balaban J connectivity index is 1.92. The average molecular weight is 407 g/mol. The molecule has 0 saturated heterocycles. The van der Waals surface area contributed by atoms with E-state index in [0.29, 0.717) is 34.5 Å². The standard InChI is InChI=1S/C19H16Cl2N2O4/c1-3-27-15-7-5-4-6-13(15)23-18(24)16(21)17(19(23)25)22-11-8-9-14(26-2)12(20)10-11/h4-10,22H,3H2,1-2H3. The minimum absolute atomic E-state index is 0.0331. The van der Waals surface area contributed by atoms with Gasteiger partial charge in [0.15, 0.2) is 0 Å². The molecule has 1 aliphatic rings. The Kier molecular flexibility index (Phi) is 5.58. The molecule has 0 saturated carbocycles. The second-order valence-corrected chi connectivity index (χ2v) is 6.29. The van der Waals surface area contributed by atoms with E-state index in [1.165, 1.54) is 7.11 Å². The zero-order valence-corrected chi connectivity index (χ0v) is 16.1. The number of para-hydroxylation sites is 2. The highest BCUT2D eigenvalue weighted by molar-refractivity contribution is 6.53. The molecule has 2 aromatic rings. The minimum Gasteiger partial charge on any atom is -0.495 e. The smallest absolute Gasteiger partial charge is 0.283 e. The van der Waals surface area contributed by atoms with Gasteiger partial charge in [-0.2, -0.15) is 0 Å². The molecule has 0 atom stereocenters. The number of carbonyl (C=O) groups is 2. The molecule has 2 amide bonds. The van der Waals surface area contributed by atoms with Gasteiger partial charge < -0.3 is 14.8 Å². The monoisotopic (exact) mass is 406 g/mol. The Hall–Kier alpha value is -2.70. The molecular formula is C19H16Cl2N2O4. The van der Waals surface area contributed by atoms with Crippen LogP contribution in [0.25, 0.3) is 0 Å². The first-order valence-electron chi connectivity index (χ1n) is 8.08. The van der Waals surface area contributed by atoms with Gasteiger partial charge in [-0.05, 0) is 37.3 Å². The summed E-state index contributed by atoms with van der Waals surface area (Å²) < 4.78 is 10.6. The number of amides is 2. The molecule has 0 aliphatic carbocycles. The summed E-state index contributed by atoms with van der Waals surface area (Å²) in [5.74, 6) is -0.302. The highest BCUT2D eigenvalue weighted by Crippen LogP contribution is 2.36. The first-order chi connectivity index (χ1) is 13.0. The number of rotatable bonds is 6. The second-order valence-electron chi connectivity index (χ2n) is 5.51. The highest BCUT2D eigenvalue weighted by Gasteiger charge is 2.40. The summed E-state index contributed by atoms with van der Waals surface area (Å²) in [6.45, 7) is 2.21. The molecular weight excluding hydrogens is 391 g/mol. The molecule has 1 aliphatic heterocycles. The summed E-state index contributed by atoms with van der Waals surface area (Å²) >= 11 is 12.3. The number of imide groups is 1. The Morgan fingerprint density at radius 3 is 2.44 bits per heavy atom. The summed E-state index contributed by atoms with van der Waals surface area (Å²) in [5, 5.41) is 3.02. The van der Waals surface area contributed by atoms with E-state index in [1.807, 2.05) is 6.92 Å². The number of methoxy groups -OCH3 is 1. The van der Waals surface area contributed by atoms with Crippen molar-refractivity contribution >= 4 is 46.4 Å². The first-order valence-corrected chi connectivity index (χ1v) is 8.84. The third kappa shape index (κ3) is 3.59. The number of hydrogen-bond donors (Lipinski definition) is 1. The van der Waals surface area contributed by atoms with E-state index in [0.717, 1.165) is 4.90 Å². The van der Waals surface area contributed by atoms with Gasteiger partial charge in [0, 0.05) is 5.69 Å². The van der Waals surface area contributed by atoms with Gasteiger partial charge in [-0.25, -0.2) is 4.90 Å². The quantitative estimate of drug-likeness (QED) is 0.728.